The molecule has 18 heavy (non-hydrogen) atoms. The number of hydrogen-bond donors (Lipinski definition) is 2. The van der Waals surface area contributed by atoms with Crippen LogP contribution in [0.5, 0.6) is 0 Å². The van der Waals surface area contributed by atoms with Crippen molar-refractivity contribution in [3.05, 3.63) is 28.8 Å². The van der Waals surface area contributed by atoms with Crippen molar-refractivity contribution in [1.82, 2.24) is 5.32 Å². The van der Waals surface area contributed by atoms with E-state index < -0.39 is 10.0 Å². The van der Waals surface area contributed by atoms with Gasteiger partial charge in [-0.25, -0.2) is 8.42 Å². The first-order chi connectivity index (χ1) is 8.49. The Morgan fingerprint density at radius 2 is 2.00 bits per heavy atom. The number of benzene rings is 1. The molecule has 4 nitrogen and oxygen atoms in total. The van der Waals surface area contributed by atoms with Crippen molar-refractivity contribution in [2.24, 2.45) is 0 Å². The van der Waals surface area contributed by atoms with Gasteiger partial charge in [-0.1, -0.05) is 17.7 Å². The fourth-order valence-electron chi connectivity index (χ4n) is 2.05. The van der Waals surface area contributed by atoms with Crippen LogP contribution in [0.25, 0.3) is 0 Å². The smallest absolute Gasteiger partial charge is 0.235 e. The highest BCUT2D eigenvalue weighted by molar-refractivity contribution is 7.93. The molecule has 6 heteroatoms. The Balaban J connectivity index is 2.18. The van der Waals surface area contributed by atoms with Crippen LogP contribution in [0.2, 0.25) is 5.02 Å². The summed E-state index contributed by atoms with van der Waals surface area (Å²) in [6.45, 7) is 3.36. The van der Waals surface area contributed by atoms with Crippen LogP contribution in [0.15, 0.2) is 18.2 Å². The SMILES string of the molecule is Cc1ccc(Cl)cc1NS(=O)(=O)C1CCNCC1. The highest BCUT2D eigenvalue weighted by Crippen LogP contribution is 2.23. The number of rotatable bonds is 3. The molecule has 0 radical (unpaired) electrons. The van der Waals surface area contributed by atoms with Gasteiger partial charge in [0.05, 0.1) is 10.9 Å². The molecule has 0 amide bonds. The molecule has 1 aromatic rings. The first-order valence-electron chi connectivity index (χ1n) is 5.97. The summed E-state index contributed by atoms with van der Waals surface area (Å²) < 4.78 is 27.1. The minimum absolute atomic E-state index is 0.322. The van der Waals surface area contributed by atoms with Gasteiger partial charge in [0.2, 0.25) is 10.0 Å². The summed E-state index contributed by atoms with van der Waals surface area (Å²) in [5, 5.41) is 3.37. The first-order valence-corrected chi connectivity index (χ1v) is 7.90. The predicted octanol–water partition coefficient (Wildman–Crippen LogP) is 2.14. The number of hydrogen-bond acceptors (Lipinski definition) is 3. The van der Waals surface area contributed by atoms with E-state index in [-0.39, 0.29) is 5.25 Å². The van der Waals surface area contributed by atoms with E-state index in [0.717, 1.165) is 18.7 Å². The van der Waals surface area contributed by atoms with Crippen LogP contribution >= 0.6 is 11.6 Å². The minimum atomic E-state index is -3.32. The molecular weight excluding hydrogens is 272 g/mol. The van der Waals surface area contributed by atoms with Crippen LogP contribution in [0.3, 0.4) is 0 Å². The number of anilines is 1. The summed E-state index contributed by atoms with van der Waals surface area (Å²) >= 11 is 5.89. The maximum atomic E-state index is 12.2. The zero-order chi connectivity index (χ0) is 13.2. The molecule has 0 aromatic heterocycles. The monoisotopic (exact) mass is 288 g/mol. The van der Waals surface area contributed by atoms with Gasteiger partial charge in [-0.2, -0.15) is 0 Å². The molecule has 100 valence electrons. The lowest BCUT2D eigenvalue weighted by molar-refractivity contribution is 0.499. The Morgan fingerprint density at radius 3 is 2.67 bits per heavy atom. The molecular formula is C12H17ClN2O2S. The summed E-state index contributed by atoms with van der Waals surface area (Å²) in [5.41, 5.74) is 1.44. The van der Waals surface area contributed by atoms with Crippen molar-refractivity contribution >= 4 is 27.3 Å². The fraction of sp³-hybridized carbons (Fsp3) is 0.500. The highest BCUT2D eigenvalue weighted by atomic mass is 35.5. The van der Waals surface area contributed by atoms with Gasteiger partial charge in [-0.15, -0.1) is 0 Å². The van der Waals surface area contributed by atoms with Gasteiger partial charge in [0.25, 0.3) is 0 Å². The molecule has 1 saturated heterocycles. The van der Waals surface area contributed by atoms with Gasteiger partial charge in [0, 0.05) is 5.02 Å². The second-order valence-electron chi connectivity index (χ2n) is 4.56. The van der Waals surface area contributed by atoms with Crippen molar-refractivity contribution in [2.45, 2.75) is 25.0 Å². The van der Waals surface area contributed by atoms with Crippen LogP contribution in [0.1, 0.15) is 18.4 Å². The lowest BCUT2D eigenvalue weighted by Crippen LogP contribution is -2.38. The molecule has 1 heterocycles. The normalized spacial score (nSPS) is 17.7. The number of halogens is 1. The number of sulfonamides is 1. The first kappa shape index (κ1) is 13.6. The third kappa shape index (κ3) is 3.16. The summed E-state index contributed by atoms with van der Waals surface area (Å²) in [6.07, 6.45) is 1.30. The third-order valence-corrected chi connectivity index (χ3v) is 5.27. The molecule has 0 unspecified atom stereocenters. The van der Waals surface area contributed by atoms with E-state index in [4.69, 9.17) is 11.6 Å². The van der Waals surface area contributed by atoms with E-state index in [9.17, 15) is 8.42 Å². The Kier molecular flexibility index (Phi) is 4.14. The van der Waals surface area contributed by atoms with Gasteiger partial charge in [-0.3, -0.25) is 4.72 Å². The summed E-state index contributed by atoms with van der Waals surface area (Å²) in [6, 6.07) is 5.21. The van der Waals surface area contributed by atoms with Crippen molar-refractivity contribution in [1.29, 1.82) is 0 Å². The molecule has 0 aliphatic carbocycles. The molecule has 2 rings (SSSR count). The van der Waals surface area contributed by atoms with Crippen molar-refractivity contribution in [3.63, 3.8) is 0 Å². The summed E-state index contributed by atoms with van der Waals surface area (Å²) in [5.74, 6) is 0. The van der Waals surface area contributed by atoms with Gasteiger partial charge in [-0.05, 0) is 50.6 Å². The second-order valence-corrected chi connectivity index (χ2v) is 6.95. The summed E-state index contributed by atoms with van der Waals surface area (Å²) in [7, 11) is -3.32. The van der Waals surface area contributed by atoms with Gasteiger partial charge >= 0.3 is 0 Å². The standard InChI is InChI=1S/C12H17ClN2O2S/c1-9-2-3-10(13)8-12(9)15-18(16,17)11-4-6-14-7-5-11/h2-3,8,11,14-15H,4-7H2,1H3. The molecule has 2 N–H and O–H groups in total. The van der Waals surface area contributed by atoms with Crippen LogP contribution in [-0.2, 0) is 10.0 Å². The highest BCUT2D eigenvalue weighted by Gasteiger charge is 2.27. The van der Waals surface area contributed by atoms with Crippen LogP contribution < -0.4 is 10.0 Å². The zero-order valence-corrected chi connectivity index (χ0v) is 11.8. The molecule has 1 aliphatic rings. The van der Waals surface area contributed by atoms with E-state index in [1.807, 2.05) is 13.0 Å². The van der Waals surface area contributed by atoms with E-state index in [1.165, 1.54) is 0 Å². The second kappa shape index (κ2) is 5.47. The molecule has 1 aliphatic heterocycles. The van der Waals surface area contributed by atoms with Gasteiger partial charge in [0.15, 0.2) is 0 Å². The van der Waals surface area contributed by atoms with E-state index in [2.05, 4.69) is 10.0 Å². The van der Waals surface area contributed by atoms with E-state index in [1.54, 1.807) is 12.1 Å². The van der Waals surface area contributed by atoms with Gasteiger partial charge in [0.1, 0.15) is 0 Å². The Labute approximate surface area is 113 Å². The number of aryl methyl sites for hydroxylation is 1. The average molecular weight is 289 g/mol. The lowest BCUT2D eigenvalue weighted by atomic mass is 10.2. The molecule has 0 spiro atoms. The third-order valence-electron chi connectivity index (χ3n) is 3.18. The maximum absolute atomic E-state index is 12.2. The topological polar surface area (TPSA) is 58.2 Å². The van der Waals surface area contributed by atoms with Crippen molar-refractivity contribution in [3.8, 4) is 0 Å². The quantitative estimate of drug-likeness (QED) is 0.896. The largest absolute Gasteiger partial charge is 0.317 e. The number of piperidine rings is 1. The Bertz CT molecular complexity index is 525. The fourth-order valence-corrected chi connectivity index (χ4v) is 3.77. The number of nitrogens with one attached hydrogen (secondary N) is 2. The molecule has 1 fully saturated rings. The van der Waals surface area contributed by atoms with Crippen LogP contribution in [0.4, 0.5) is 5.69 Å². The summed E-state index contributed by atoms with van der Waals surface area (Å²) in [4.78, 5) is 0. The molecule has 1 aromatic carbocycles. The van der Waals surface area contributed by atoms with E-state index >= 15 is 0 Å². The zero-order valence-electron chi connectivity index (χ0n) is 10.2. The van der Waals surface area contributed by atoms with Crippen LogP contribution in [0, 0.1) is 6.92 Å². The van der Waals surface area contributed by atoms with Gasteiger partial charge < -0.3 is 5.32 Å². The molecule has 0 bridgehead atoms. The average Bonchev–Trinajstić information content (AvgIpc) is 2.35. The van der Waals surface area contributed by atoms with Crippen molar-refractivity contribution in [2.75, 3.05) is 17.8 Å². The maximum Gasteiger partial charge on any atom is 0.235 e. The molecule has 0 saturated carbocycles. The van der Waals surface area contributed by atoms with Crippen molar-refractivity contribution < 1.29 is 8.42 Å². The Hall–Kier alpha value is -0.780. The van der Waals surface area contributed by atoms with Crippen LogP contribution in [-0.4, -0.2) is 26.8 Å². The Morgan fingerprint density at radius 1 is 1.33 bits per heavy atom. The van der Waals surface area contributed by atoms with E-state index in [0.29, 0.717) is 23.6 Å². The lowest BCUT2D eigenvalue weighted by Gasteiger charge is -2.23. The molecule has 0 atom stereocenters. The predicted molar refractivity (Wildman–Crippen MR) is 74.6 cm³/mol. The minimum Gasteiger partial charge on any atom is -0.317 e.